The molecule has 0 radical (unpaired) electrons. The van der Waals surface area contributed by atoms with Crippen molar-refractivity contribution >= 4 is 23.4 Å². The summed E-state index contributed by atoms with van der Waals surface area (Å²) in [5, 5.41) is 2.99. The van der Waals surface area contributed by atoms with Crippen LogP contribution in [-0.4, -0.2) is 41.3 Å². The summed E-state index contributed by atoms with van der Waals surface area (Å²) in [6.07, 6.45) is 0.710. The predicted octanol–water partition coefficient (Wildman–Crippen LogP) is 0.869. The highest BCUT2D eigenvalue weighted by Gasteiger charge is 2.22. The average Bonchev–Trinajstić information content (AvgIpc) is 2.37. The van der Waals surface area contributed by atoms with Gasteiger partial charge in [0.1, 0.15) is 5.15 Å². The molecule has 5 nitrogen and oxygen atoms in total. The molecule has 1 aromatic rings. The molecule has 1 aliphatic rings. The highest BCUT2D eigenvalue weighted by Crippen LogP contribution is 2.14. The van der Waals surface area contributed by atoms with Gasteiger partial charge in [0.05, 0.1) is 6.54 Å². The van der Waals surface area contributed by atoms with E-state index in [1.807, 2.05) is 6.92 Å². The van der Waals surface area contributed by atoms with Crippen LogP contribution in [0.25, 0.3) is 0 Å². The van der Waals surface area contributed by atoms with Gasteiger partial charge in [-0.1, -0.05) is 18.5 Å². The number of piperazine rings is 1. The monoisotopic (exact) mass is 267 g/mol. The van der Waals surface area contributed by atoms with Crippen LogP contribution >= 0.6 is 11.6 Å². The number of hydrogen-bond acceptors (Lipinski definition) is 3. The average molecular weight is 268 g/mol. The van der Waals surface area contributed by atoms with Gasteiger partial charge in [-0.2, -0.15) is 0 Å². The van der Waals surface area contributed by atoms with Gasteiger partial charge in [0.15, 0.2) is 0 Å². The molecule has 2 heterocycles. The minimum Gasteiger partial charge on any atom is -0.353 e. The van der Waals surface area contributed by atoms with Crippen LogP contribution in [0.15, 0.2) is 12.1 Å². The van der Waals surface area contributed by atoms with Crippen LogP contribution in [0.5, 0.6) is 0 Å². The second-order valence-electron chi connectivity index (χ2n) is 4.10. The van der Waals surface area contributed by atoms with E-state index in [1.54, 1.807) is 6.07 Å². The molecule has 0 spiro atoms. The molecule has 2 amide bonds. The van der Waals surface area contributed by atoms with Gasteiger partial charge >= 0.3 is 0 Å². The SMILES string of the molecule is CCc1cc(C(=O)N2CCNC(=O)C2)cc(Cl)n1. The summed E-state index contributed by atoms with van der Waals surface area (Å²) in [4.78, 5) is 29.1. The molecule has 1 aliphatic heterocycles. The second kappa shape index (κ2) is 5.35. The molecule has 0 atom stereocenters. The third-order valence-corrected chi connectivity index (χ3v) is 2.98. The Kier molecular flexibility index (Phi) is 3.81. The quantitative estimate of drug-likeness (QED) is 0.809. The fourth-order valence-electron chi connectivity index (χ4n) is 1.85. The minimum atomic E-state index is -0.177. The Morgan fingerprint density at radius 3 is 3.00 bits per heavy atom. The number of amides is 2. The molecule has 18 heavy (non-hydrogen) atoms. The summed E-state index contributed by atoms with van der Waals surface area (Å²) in [6, 6.07) is 3.26. The zero-order valence-corrected chi connectivity index (χ0v) is 10.8. The summed E-state index contributed by atoms with van der Waals surface area (Å²) >= 11 is 5.88. The number of rotatable bonds is 2. The molecule has 1 saturated heterocycles. The van der Waals surface area contributed by atoms with Gasteiger partial charge in [-0.15, -0.1) is 0 Å². The zero-order valence-electron chi connectivity index (χ0n) is 10.1. The highest BCUT2D eigenvalue weighted by atomic mass is 35.5. The first kappa shape index (κ1) is 12.8. The van der Waals surface area contributed by atoms with Crippen LogP contribution in [0, 0.1) is 0 Å². The Balaban J connectivity index is 2.22. The zero-order chi connectivity index (χ0) is 13.1. The van der Waals surface area contributed by atoms with E-state index in [-0.39, 0.29) is 18.4 Å². The molecule has 2 rings (SSSR count). The first-order valence-electron chi connectivity index (χ1n) is 5.82. The molecule has 0 aromatic carbocycles. The van der Waals surface area contributed by atoms with Crippen LogP contribution < -0.4 is 5.32 Å². The summed E-state index contributed by atoms with van der Waals surface area (Å²) in [7, 11) is 0. The topological polar surface area (TPSA) is 62.3 Å². The maximum Gasteiger partial charge on any atom is 0.254 e. The van der Waals surface area contributed by atoms with E-state index >= 15 is 0 Å². The van der Waals surface area contributed by atoms with Gasteiger partial charge in [0.25, 0.3) is 5.91 Å². The number of nitrogens with one attached hydrogen (secondary N) is 1. The van der Waals surface area contributed by atoms with Gasteiger partial charge < -0.3 is 10.2 Å². The van der Waals surface area contributed by atoms with Gasteiger partial charge in [0, 0.05) is 24.3 Å². The van der Waals surface area contributed by atoms with Crippen molar-refractivity contribution < 1.29 is 9.59 Å². The second-order valence-corrected chi connectivity index (χ2v) is 4.49. The van der Waals surface area contributed by atoms with Crippen molar-refractivity contribution in [2.24, 2.45) is 0 Å². The number of carbonyl (C=O) groups is 2. The smallest absolute Gasteiger partial charge is 0.254 e. The van der Waals surface area contributed by atoms with Crippen LogP contribution in [0.2, 0.25) is 5.15 Å². The van der Waals surface area contributed by atoms with E-state index in [4.69, 9.17) is 11.6 Å². The fourth-order valence-corrected chi connectivity index (χ4v) is 2.08. The Morgan fingerprint density at radius 1 is 1.56 bits per heavy atom. The number of pyridine rings is 1. The van der Waals surface area contributed by atoms with Crippen molar-refractivity contribution in [3.05, 3.63) is 28.5 Å². The Morgan fingerprint density at radius 2 is 2.33 bits per heavy atom. The molecule has 0 bridgehead atoms. The van der Waals surface area contributed by atoms with Crippen LogP contribution in [-0.2, 0) is 11.2 Å². The lowest BCUT2D eigenvalue weighted by Crippen LogP contribution is -2.50. The van der Waals surface area contributed by atoms with Crippen molar-refractivity contribution in [2.45, 2.75) is 13.3 Å². The molecule has 0 aliphatic carbocycles. The van der Waals surface area contributed by atoms with Crippen molar-refractivity contribution in [3.8, 4) is 0 Å². The molecular formula is C12H14ClN3O2. The number of aryl methyl sites for hydroxylation is 1. The van der Waals surface area contributed by atoms with E-state index in [9.17, 15) is 9.59 Å². The fraction of sp³-hybridized carbons (Fsp3) is 0.417. The molecule has 6 heteroatoms. The van der Waals surface area contributed by atoms with E-state index < -0.39 is 0 Å². The van der Waals surface area contributed by atoms with Gasteiger partial charge in [-0.05, 0) is 18.6 Å². The highest BCUT2D eigenvalue weighted by molar-refractivity contribution is 6.29. The largest absolute Gasteiger partial charge is 0.353 e. The van der Waals surface area contributed by atoms with Crippen molar-refractivity contribution in [2.75, 3.05) is 19.6 Å². The van der Waals surface area contributed by atoms with Crippen LogP contribution in [0.1, 0.15) is 23.0 Å². The summed E-state index contributed by atoms with van der Waals surface area (Å²) in [5.41, 5.74) is 1.26. The molecule has 0 saturated carbocycles. The first-order chi connectivity index (χ1) is 8.60. The summed E-state index contributed by atoms with van der Waals surface area (Å²) < 4.78 is 0. The molecule has 1 fully saturated rings. The lowest BCUT2D eigenvalue weighted by atomic mass is 10.1. The number of carbonyl (C=O) groups excluding carboxylic acids is 2. The number of halogens is 1. The first-order valence-corrected chi connectivity index (χ1v) is 6.20. The Labute approximate surface area is 110 Å². The number of nitrogens with zero attached hydrogens (tertiary/aromatic N) is 2. The molecule has 0 unspecified atom stereocenters. The van der Waals surface area contributed by atoms with E-state index in [0.717, 1.165) is 5.69 Å². The van der Waals surface area contributed by atoms with Gasteiger partial charge in [-0.3, -0.25) is 9.59 Å². The van der Waals surface area contributed by atoms with Crippen molar-refractivity contribution in [1.82, 2.24) is 15.2 Å². The lowest BCUT2D eigenvalue weighted by molar-refractivity contribution is -0.123. The number of aromatic nitrogens is 1. The summed E-state index contributed by atoms with van der Waals surface area (Å²) in [5.74, 6) is -0.311. The molecule has 96 valence electrons. The Bertz CT molecular complexity index is 490. The Hall–Kier alpha value is -1.62. The maximum absolute atomic E-state index is 12.2. The summed E-state index contributed by atoms with van der Waals surface area (Å²) in [6.45, 7) is 3.05. The third kappa shape index (κ3) is 2.79. The van der Waals surface area contributed by atoms with E-state index in [2.05, 4.69) is 10.3 Å². The standard InChI is InChI=1S/C12H14ClN3O2/c1-2-9-5-8(6-10(13)15-9)12(18)16-4-3-14-11(17)7-16/h5-6H,2-4,7H2,1H3,(H,14,17). The van der Waals surface area contributed by atoms with Crippen molar-refractivity contribution in [3.63, 3.8) is 0 Å². The molecule has 1 aromatic heterocycles. The maximum atomic E-state index is 12.2. The molecular weight excluding hydrogens is 254 g/mol. The lowest BCUT2D eigenvalue weighted by Gasteiger charge is -2.26. The van der Waals surface area contributed by atoms with Gasteiger partial charge in [-0.25, -0.2) is 4.98 Å². The molecule has 1 N–H and O–H groups in total. The van der Waals surface area contributed by atoms with E-state index in [1.165, 1.54) is 11.0 Å². The van der Waals surface area contributed by atoms with Crippen molar-refractivity contribution in [1.29, 1.82) is 0 Å². The normalized spacial score (nSPS) is 15.4. The predicted molar refractivity (Wildman–Crippen MR) is 67.5 cm³/mol. The van der Waals surface area contributed by atoms with Crippen LogP contribution in [0.4, 0.5) is 0 Å². The van der Waals surface area contributed by atoms with Crippen LogP contribution in [0.3, 0.4) is 0 Å². The third-order valence-electron chi connectivity index (χ3n) is 2.78. The minimum absolute atomic E-state index is 0.0975. The number of hydrogen-bond donors (Lipinski definition) is 1. The van der Waals surface area contributed by atoms with Gasteiger partial charge in [0.2, 0.25) is 5.91 Å². The van der Waals surface area contributed by atoms with E-state index in [0.29, 0.717) is 30.2 Å².